The molecule has 0 bridgehead atoms. The molecule has 1 heterocycles. The summed E-state index contributed by atoms with van der Waals surface area (Å²) in [5, 5.41) is 10.5. The number of allylic oxidation sites excluding steroid dienone is 2. The van der Waals surface area contributed by atoms with Gasteiger partial charge < -0.3 is 4.57 Å². The molecule has 0 aliphatic rings. The zero-order valence-corrected chi connectivity index (χ0v) is 12.5. The van der Waals surface area contributed by atoms with Crippen LogP contribution in [0.15, 0.2) is 67.4 Å². The van der Waals surface area contributed by atoms with Gasteiger partial charge in [-0.3, -0.25) is 0 Å². The van der Waals surface area contributed by atoms with Gasteiger partial charge in [-0.05, 0) is 29.8 Å². The molecule has 0 fully saturated rings. The van der Waals surface area contributed by atoms with E-state index < -0.39 is 0 Å². The normalized spacial score (nSPS) is 11.4. The van der Waals surface area contributed by atoms with E-state index in [9.17, 15) is 9.65 Å². The van der Waals surface area contributed by atoms with Gasteiger partial charge in [0, 0.05) is 29.2 Å². The second kappa shape index (κ2) is 6.33. The van der Waals surface area contributed by atoms with E-state index in [0.717, 1.165) is 16.5 Å². The van der Waals surface area contributed by atoms with E-state index in [2.05, 4.69) is 17.2 Å². The number of rotatable bonds is 4. The van der Waals surface area contributed by atoms with Crippen molar-refractivity contribution >= 4 is 22.6 Å². The van der Waals surface area contributed by atoms with Crippen molar-refractivity contribution in [2.75, 3.05) is 0 Å². The predicted octanol–water partition coefficient (Wildman–Crippen LogP) is 5.03. The maximum atomic E-state index is 13.4. The lowest BCUT2D eigenvalue weighted by molar-refractivity contribution is 0.627. The molecule has 0 aliphatic heterocycles. The van der Waals surface area contributed by atoms with E-state index in [1.54, 1.807) is 18.2 Å². The average Bonchev–Trinajstić information content (AvgIpc) is 2.91. The van der Waals surface area contributed by atoms with Crippen molar-refractivity contribution in [3.8, 4) is 6.07 Å². The summed E-state index contributed by atoms with van der Waals surface area (Å²) >= 11 is 0. The van der Waals surface area contributed by atoms with Gasteiger partial charge in [-0.1, -0.05) is 36.4 Å². The molecule has 2 aromatic carbocycles. The van der Waals surface area contributed by atoms with Gasteiger partial charge in [0.1, 0.15) is 5.82 Å². The Bertz CT molecular complexity index is 942. The molecule has 0 amide bonds. The van der Waals surface area contributed by atoms with Crippen LogP contribution in [0.25, 0.3) is 22.6 Å². The molecule has 3 rings (SSSR count). The monoisotopic (exact) mass is 302 g/mol. The molecule has 0 saturated heterocycles. The Morgan fingerprint density at radius 2 is 2.04 bits per heavy atom. The molecule has 0 spiro atoms. The van der Waals surface area contributed by atoms with Gasteiger partial charge in [0.05, 0.1) is 11.6 Å². The van der Waals surface area contributed by atoms with Crippen molar-refractivity contribution < 1.29 is 4.39 Å². The molecule has 0 radical (unpaired) electrons. The lowest BCUT2D eigenvalue weighted by Crippen LogP contribution is -1.91. The number of nitrogens with zero attached hydrogens (tertiary/aromatic N) is 2. The number of aromatic nitrogens is 1. The highest BCUT2D eigenvalue weighted by Crippen LogP contribution is 2.26. The second-order valence-corrected chi connectivity index (χ2v) is 5.22. The van der Waals surface area contributed by atoms with Crippen molar-refractivity contribution in [3.05, 3.63) is 84.3 Å². The molecule has 0 unspecified atom stereocenters. The Hall–Kier alpha value is -3.12. The molecule has 23 heavy (non-hydrogen) atoms. The minimum absolute atomic E-state index is 0.349. The first-order chi connectivity index (χ1) is 11.2. The van der Waals surface area contributed by atoms with Crippen molar-refractivity contribution in [2.24, 2.45) is 0 Å². The van der Waals surface area contributed by atoms with Gasteiger partial charge in [-0.25, -0.2) is 4.39 Å². The summed E-state index contributed by atoms with van der Waals surface area (Å²) in [7, 11) is 0. The SMILES string of the molecule is C=CCn1cc(C=C(C#N)c2cccc(F)c2)c2ccccc21. The lowest BCUT2D eigenvalue weighted by atomic mass is 10.0. The third kappa shape index (κ3) is 2.93. The maximum absolute atomic E-state index is 13.4. The lowest BCUT2D eigenvalue weighted by Gasteiger charge is -1.99. The van der Waals surface area contributed by atoms with Crippen LogP contribution in [0.3, 0.4) is 0 Å². The molecule has 3 aromatic rings. The summed E-state index contributed by atoms with van der Waals surface area (Å²) in [6, 6.07) is 16.2. The molecule has 3 heteroatoms. The topological polar surface area (TPSA) is 28.7 Å². The van der Waals surface area contributed by atoms with Crippen molar-refractivity contribution in [2.45, 2.75) is 6.54 Å². The highest BCUT2D eigenvalue weighted by Gasteiger charge is 2.08. The van der Waals surface area contributed by atoms with Crippen LogP contribution in [0.2, 0.25) is 0 Å². The third-order valence-electron chi connectivity index (χ3n) is 3.70. The summed E-state index contributed by atoms with van der Waals surface area (Å²) in [6.45, 7) is 4.47. The summed E-state index contributed by atoms with van der Waals surface area (Å²) in [5.74, 6) is -0.349. The molecule has 0 saturated carbocycles. The number of hydrogen-bond acceptors (Lipinski definition) is 1. The number of halogens is 1. The molecule has 0 atom stereocenters. The van der Waals surface area contributed by atoms with Crippen molar-refractivity contribution in [1.29, 1.82) is 5.26 Å². The minimum Gasteiger partial charge on any atom is -0.343 e. The molecular formula is C20H15FN2. The zero-order valence-electron chi connectivity index (χ0n) is 12.5. The van der Waals surface area contributed by atoms with Crippen LogP contribution in [0.5, 0.6) is 0 Å². The molecular weight excluding hydrogens is 287 g/mol. The maximum Gasteiger partial charge on any atom is 0.123 e. The standard InChI is InChI=1S/C20H15FN2/c1-2-10-23-14-17(19-8-3-4-9-20(19)23)11-16(13-22)15-6-5-7-18(21)12-15/h2-9,11-12,14H,1,10H2. The summed E-state index contributed by atoms with van der Waals surface area (Å²) < 4.78 is 15.5. The van der Waals surface area contributed by atoms with E-state index in [1.807, 2.05) is 36.5 Å². The number of benzene rings is 2. The molecule has 112 valence electrons. The smallest absolute Gasteiger partial charge is 0.123 e. The predicted molar refractivity (Wildman–Crippen MR) is 92.0 cm³/mol. The van der Waals surface area contributed by atoms with Crippen molar-refractivity contribution in [3.63, 3.8) is 0 Å². The van der Waals surface area contributed by atoms with E-state index in [0.29, 0.717) is 17.7 Å². The van der Waals surface area contributed by atoms with Gasteiger partial charge in [0.25, 0.3) is 0 Å². The van der Waals surface area contributed by atoms with Gasteiger partial charge >= 0.3 is 0 Å². The van der Waals surface area contributed by atoms with E-state index >= 15 is 0 Å². The van der Waals surface area contributed by atoms with Crippen LogP contribution < -0.4 is 0 Å². The van der Waals surface area contributed by atoms with Crippen LogP contribution in [-0.2, 0) is 6.54 Å². The summed E-state index contributed by atoms with van der Waals surface area (Å²) in [4.78, 5) is 0. The Morgan fingerprint density at radius 3 is 2.78 bits per heavy atom. The molecule has 1 aromatic heterocycles. The fourth-order valence-electron chi connectivity index (χ4n) is 2.67. The Morgan fingerprint density at radius 1 is 1.22 bits per heavy atom. The van der Waals surface area contributed by atoms with E-state index in [-0.39, 0.29) is 5.82 Å². The number of nitriles is 1. The third-order valence-corrected chi connectivity index (χ3v) is 3.70. The summed E-state index contributed by atoms with van der Waals surface area (Å²) in [6.07, 6.45) is 5.62. The second-order valence-electron chi connectivity index (χ2n) is 5.22. The molecule has 0 aliphatic carbocycles. The first-order valence-corrected chi connectivity index (χ1v) is 7.29. The Balaban J connectivity index is 2.16. The fourth-order valence-corrected chi connectivity index (χ4v) is 2.67. The van der Waals surface area contributed by atoms with Crippen LogP contribution >= 0.6 is 0 Å². The van der Waals surface area contributed by atoms with Crippen molar-refractivity contribution in [1.82, 2.24) is 4.57 Å². The van der Waals surface area contributed by atoms with Crippen LogP contribution in [0.1, 0.15) is 11.1 Å². The Labute approximate surface area is 134 Å². The minimum atomic E-state index is -0.349. The quantitative estimate of drug-likeness (QED) is 0.491. The van der Waals surface area contributed by atoms with Gasteiger partial charge in [-0.2, -0.15) is 5.26 Å². The zero-order chi connectivity index (χ0) is 16.2. The first kappa shape index (κ1) is 14.8. The molecule has 2 nitrogen and oxygen atoms in total. The largest absolute Gasteiger partial charge is 0.343 e. The molecule has 0 N–H and O–H groups in total. The number of hydrogen-bond donors (Lipinski definition) is 0. The fraction of sp³-hybridized carbons (Fsp3) is 0.0500. The van der Waals surface area contributed by atoms with Crippen LogP contribution in [-0.4, -0.2) is 4.57 Å². The van der Waals surface area contributed by atoms with Crippen LogP contribution in [0, 0.1) is 17.1 Å². The van der Waals surface area contributed by atoms with E-state index in [4.69, 9.17) is 0 Å². The first-order valence-electron chi connectivity index (χ1n) is 7.29. The van der Waals surface area contributed by atoms with Gasteiger partial charge in [0.15, 0.2) is 0 Å². The van der Waals surface area contributed by atoms with E-state index in [1.165, 1.54) is 12.1 Å². The Kier molecular flexibility index (Phi) is 4.07. The highest BCUT2D eigenvalue weighted by molar-refractivity contribution is 5.98. The van der Waals surface area contributed by atoms with Crippen LogP contribution in [0.4, 0.5) is 4.39 Å². The number of fused-ring (bicyclic) bond motifs is 1. The van der Waals surface area contributed by atoms with Gasteiger partial charge in [-0.15, -0.1) is 6.58 Å². The van der Waals surface area contributed by atoms with Gasteiger partial charge in [0.2, 0.25) is 0 Å². The highest BCUT2D eigenvalue weighted by atomic mass is 19.1. The average molecular weight is 302 g/mol. The summed E-state index contributed by atoms with van der Waals surface area (Å²) in [5.41, 5.74) is 3.03. The number of para-hydroxylation sites is 1.